The molecule has 0 saturated carbocycles. The molecule has 1 aromatic heterocycles. The number of nitrogens with zero attached hydrogens (tertiary/aromatic N) is 1. The summed E-state index contributed by atoms with van der Waals surface area (Å²) in [6, 6.07) is 1.93. The van der Waals surface area contributed by atoms with Gasteiger partial charge in [0.2, 0.25) is 0 Å². The van der Waals surface area contributed by atoms with E-state index < -0.39 is 0 Å². The zero-order valence-electron chi connectivity index (χ0n) is 11.3. The van der Waals surface area contributed by atoms with Crippen LogP contribution in [-0.2, 0) is 5.41 Å². The Morgan fingerprint density at radius 3 is 2.67 bits per heavy atom. The Kier molecular flexibility index (Phi) is 4.74. The summed E-state index contributed by atoms with van der Waals surface area (Å²) in [5, 5.41) is 17.2. The first-order valence-corrected chi connectivity index (χ1v) is 6.85. The Morgan fingerprint density at radius 1 is 1.50 bits per heavy atom. The minimum Gasteiger partial charge on any atom is -0.338 e. The van der Waals surface area contributed by atoms with Crippen molar-refractivity contribution in [1.82, 2.24) is 5.32 Å². The smallest absolute Gasteiger partial charge is 0.319 e. The second-order valence-corrected chi connectivity index (χ2v) is 5.98. The summed E-state index contributed by atoms with van der Waals surface area (Å²) in [6.07, 6.45) is 0.885. The van der Waals surface area contributed by atoms with E-state index >= 15 is 0 Å². The number of amides is 2. The molecule has 2 amide bonds. The first-order chi connectivity index (χ1) is 8.40. The average molecular weight is 265 g/mol. The van der Waals surface area contributed by atoms with Crippen LogP contribution in [0.4, 0.5) is 9.80 Å². The van der Waals surface area contributed by atoms with Crippen molar-refractivity contribution in [1.29, 1.82) is 5.26 Å². The van der Waals surface area contributed by atoms with Gasteiger partial charge >= 0.3 is 6.03 Å². The fraction of sp³-hybridized carbons (Fsp3) is 0.538. The number of carbonyl (C=O) groups is 1. The Bertz CT molecular complexity index is 466. The van der Waals surface area contributed by atoms with Crippen molar-refractivity contribution >= 4 is 22.4 Å². The zero-order valence-corrected chi connectivity index (χ0v) is 12.1. The van der Waals surface area contributed by atoms with E-state index in [1.54, 1.807) is 0 Å². The van der Waals surface area contributed by atoms with E-state index in [1.165, 1.54) is 11.3 Å². The lowest BCUT2D eigenvalue weighted by Crippen LogP contribution is -2.29. The van der Waals surface area contributed by atoms with Crippen molar-refractivity contribution < 1.29 is 4.79 Å². The van der Waals surface area contributed by atoms with Gasteiger partial charge < -0.3 is 5.32 Å². The summed E-state index contributed by atoms with van der Waals surface area (Å²) >= 11 is 1.39. The third-order valence-corrected chi connectivity index (χ3v) is 3.37. The highest BCUT2D eigenvalue weighted by molar-refractivity contribution is 7.14. The van der Waals surface area contributed by atoms with Crippen LogP contribution >= 0.6 is 11.3 Å². The monoisotopic (exact) mass is 265 g/mol. The molecule has 1 heterocycles. The number of nitrogens with one attached hydrogen (secondary N) is 2. The van der Waals surface area contributed by atoms with Gasteiger partial charge in [0.05, 0.1) is 5.56 Å². The van der Waals surface area contributed by atoms with Gasteiger partial charge in [-0.1, -0.05) is 27.7 Å². The highest BCUT2D eigenvalue weighted by atomic mass is 32.1. The fourth-order valence-corrected chi connectivity index (χ4v) is 2.63. The van der Waals surface area contributed by atoms with Crippen LogP contribution in [0.25, 0.3) is 0 Å². The highest BCUT2D eigenvalue weighted by Crippen LogP contribution is 2.35. The van der Waals surface area contributed by atoms with Gasteiger partial charge in [-0.15, -0.1) is 11.3 Å². The van der Waals surface area contributed by atoms with Gasteiger partial charge in [0.1, 0.15) is 11.1 Å². The lowest BCUT2D eigenvalue weighted by atomic mass is 9.86. The van der Waals surface area contributed by atoms with Crippen molar-refractivity contribution in [3.8, 4) is 6.07 Å². The molecule has 5 heteroatoms. The maximum atomic E-state index is 11.6. The molecular formula is C13H19N3OS. The first kappa shape index (κ1) is 14.5. The van der Waals surface area contributed by atoms with E-state index in [0.717, 1.165) is 12.0 Å². The molecule has 0 radical (unpaired) electrons. The minimum atomic E-state index is -0.254. The van der Waals surface area contributed by atoms with Gasteiger partial charge in [0.15, 0.2) is 0 Å². The summed E-state index contributed by atoms with van der Waals surface area (Å²) in [6.45, 7) is 8.78. The van der Waals surface area contributed by atoms with Gasteiger partial charge in [0.25, 0.3) is 0 Å². The average Bonchev–Trinajstić information content (AvgIpc) is 2.68. The Morgan fingerprint density at radius 2 is 2.17 bits per heavy atom. The van der Waals surface area contributed by atoms with Crippen LogP contribution in [0.15, 0.2) is 5.38 Å². The van der Waals surface area contributed by atoms with E-state index in [1.807, 2.05) is 12.3 Å². The second kappa shape index (κ2) is 5.87. The molecule has 0 unspecified atom stereocenters. The van der Waals surface area contributed by atoms with Crippen molar-refractivity contribution in [2.24, 2.45) is 0 Å². The van der Waals surface area contributed by atoms with Gasteiger partial charge in [-0.25, -0.2) is 4.79 Å². The summed E-state index contributed by atoms with van der Waals surface area (Å²) in [7, 11) is 0. The number of hydrogen-bond acceptors (Lipinski definition) is 3. The number of nitriles is 1. The number of carbonyl (C=O) groups excluding carboxylic acids is 1. The molecule has 0 fully saturated rings. The summed E-state index contributed by atoms with van der Waals surface area (Å²) in [4.78, 5) is 11.6. The predicted molar refractivity (Wildman–Crippen MR) is 75.0 cm³/mol. The summed E-state index contributed by atoms with van der Waals surface area (Å²) in [5.41, 5.74) is 1.45. The Balaban J connectivity index is 2.89. The third kappa shape index (κ3) is 3.47. The molecule has 0 aliphatic carbocycles. The predicted octanol–water partition coefficient (Wildman–Crippen LogP) is 3.45. The number of rotatable bonds is 3. The molecule has 0 aromatic carbocycles. The van der Waals surface area contributed by atoms with Gasteiger partial charge in [0, 0.05) is 6.54 Å². The number of thiophene rings is 1. The van der Waals surface area contributed by atoms with Crippen LogP contribution < -0.4 is 10.6 Å². The quantitative estimate of drug-likeness (QED) is 0.879. The lowest BCUT2D eigenvalue weighted by molar-refractivity contribution is 0.252. The highest BCUT2D eigenvalue weighted by Gasteiger charge is 2.23. The van der Waals surface area contributed by atoms with Crippen molar-refractivity contribution in [2.45, 2.75) is 39.5 Å². The molecule has 2 N–H and O–H groups in total. The standard InChI is InChI=1S/C13H19N3OS/c1-5-6-15-12(17)16-11-9(7-14)10(8-18-11)13(2,3)4/h8H,5-6H2,1-4H3,(H2,15,16,17). The largest absolute Gasteiger partial charge is 0.338 e. The Hall–Kier alpha value is -1.54. The second-order valence-electron chi connectivity index (χ2n) is 5.10. The van der Waals surface area contributed by atoms with Gasteiger partial charge in [-0.2, -0.15) is 5.26 Å². The normalized spacial score (nSPS) is 10.8. The molecule has 0 aliphatic rings. The summed E-state index contributed by atoms with van der Waals surface area (Å²) in [5.74, 6) is 0. The topological polar surface area (TPSA) is 64.9 Å². The maximum absolute atomic E-state index is 11.6. The lowest BCUT2D eigenvalue weighted by Gasteiger charge is -2.17. The SMILES string of the molecule is CCCNC(=O)Nc1scc(C(C)(C)C)c1C#N. The Labute approximate surface area is 112 Å². The van der Waals surface area contributed by atoms with Crippen molar-refractivity contribution in [2.75, 3.05) is 11.9 Å². The summed E-state index contributed by atoms with van der Waals surface area (Å²) < 4.78 is 0. The molecule has 0 saturated heterocycles. The third-order valence-electron chi connectivity index (χ3n) is 2.47. The molecule has 1 aromatic rings. The van der Waals surface area contributed by atoms with E-state index in [2.05, 4.69) is 37.5 Å². The molecule has 4 nitrogen and oxygen atoms in total. The van der Waals surface area contributed by atoms with Crippen molar-refractivity contribution in [3.63, 3.8) is 0 Å². The molecule has 98 valence electrons. The minimum absolute atomic E-state index is 0.0958. The van der Waals surface area contributed by atoms with E-state index in [4.69, 9.17) is 0 Å². The van der Waals surface area contributed by atoms with Crippen LogP contribution in [0, 0.1) is 11.3 Å². The molecule has 0 bridgehead atoms. The van der Waals surface area contributed by atoms with E-state index in [9.17, 15) is 10.1 Å². The zero-order chi connectivity index (χ0) is 13.8. The van der Waals surface area contributed by atoms with Crippen LogP contribution in [0.5, 0.6) is 0 Å². The maximum Gasteiger partial charge on any atom is 0.319 e. The molecular weight excluding hydrogens is 246 g/mol. The van der Waals surface area contributed by atoms with Gasteiger partial charge in [-0.3, -0.25) is 5.32 Å². The van der Waals surface area contributed by atoms with Gasteiger partial charge in [-0.05, 0) is 22.8 Å². The first-order valence-electron chi connectivity index (χ1n) is 5.97. The van der Waals surface area contributed by atoms with Crippen LogP contribution in [0.2, 0.25) is 0 Å². The van der Waals surface area contributed by atoms with Crippen LogP contribution in [-0.4, -0.2) is 12.6 Å². The van der Waals surface area contributed by atoms with Crippen molar-refractivity contribution in [3.05, 3.63) is 16.5 Å². The molecule has 0 spiro atoms. The molecule has 0 aliphatic heterocycles. The number of anilines is 1. The van der Waals surface area contributed by atoms with E-state index in [0.29, 0.717) is 17.1 Å². The fourth-order valence-electron chi connectivity index (χ4n) is 1.50. The van der Waals surface area contributed by atoms with Crippen LogP contribution in [0.3, 0.4) is 0 Å². The molecule has 1 rings (SSSR count). The molecule has 0 atom stereocenters. The van der Waals surface area contributed by atoms with E-state index in [-0.39, 0.29) is 11.4 Å². The number of hydrogen-bond donors (Lipinski definition) is 2. The molecule has 18 heavy (non-hydrogen) atoms. The number of urea groups is 1. The van der Waals surface area contributed by atoms with Crippen LogP contribution in [0.1, 0.15) is 45.2 Å².